The zero-order valence-corrected chi connectivity index (χ0v) is 8.40. The van der Waals surface area contributed by atoms with Crippen molar-refractivity contribution in [3.05, 3.63) is 5.21 Å². The number of hydrogen-bond acceptors (Lipinski definition) is 1. The van der Waals surface area contributed by atoms with E-state index in [0.29, 0.717) is 11.0 Å². The lowest BCUT2D eigenvalue weighted by molar-refractivity contribution is -0.881. The van der Waals surface area contributed by atoms with E-state index >= 15 is 0 Å². The van der Waals surface area contributed by atoms with Gasteiger partial charge in [0.15, 0.2) is 0 Å². The van der Waals surface area contributed by atoms with Gasteiger partial charge in [0.2, 0.25) is 0 Å². The van der Waals surface area contributed by atoms with E-state index in [-0.39, 0.29) is 5.54 Å². The quantitative estimate of drug-likeness (QED) is 0.613. The molecular formula is C9H21NO. The minimum absolute atomic E-state index is 0.107. The fraction of sp³-hybridized carbons (Fsp3) is 1.00. The summed E-state index contributed by atoms with van der Waals surface area (Å²) in [6.07, 6.45) is 2.16. The first-order chi connectivity index (χ1) is 4.86. The van der Waals surface area contributed by atoms with Crippen molar-refractivity contribution in [2.24, 2.45) is 5.92 Å². The van der Waals surface area contributed by atoms with Crippen LogP contribution in [0.2, 0.25) is 0 Å². The van der Waals surface area contributed by atoms with Gasteiger partial charge >= 0.3 is 0 Å². The lowest BCUT2D eigenvalue weighted by atomic mass is 9.94. The largest absolute Gasteiger partial charge is 0.634 e. The Hall–Kier alpha value is -0.0800. The zero-order valence-electron chi connectivity index (χ0n) is 8.40. The maximum atomic E-state index is 11.1. The van der Waals surface area contributed by atoms with E-state index in [2.05, 4.69) is 13.8 Å². The molecule has 0 amide bonds. The molecule has 0 fully saturated rings. The molecule has 0 aliphatic carbocycles. The molecule has 0 aliphatic heterocycles. The molecule has 0 aromatic heterocycles. The summed E-state index contributed by atoms with van der Waals surface area (Å²) in [5, 5.41) is 11.4. The lowest BCUT2D eigenvalue weighted by Crippen LogP contribution is -3.12. The fourth-order valence-electron chi connectivity index (χ4n) is 0.826. The summed E-state index contributed by atoms with van der Waals surface area (Å²) in [6, 6.07) is 0. The van der Waals surface area contributed by atoms with Crippen LogP contribution in [0.3, 0.4) is 0 Å². The van der Waals surface area contributed by atoms with E-state index in [1.165, 1.54) is 0 Å². The van der Waals surface area contributed by atoms with E-state index in [4.69, 9.17) is 0 Å². The highest BCUT2D eigenvalue weighted by Crippen LogP contribution is 2.12. The first-order valence-corrected chi connectivity index (χ1v) is 4.37. The summed E-state index contributed by atoms with van der Waals surface area (Å²) >= 11 is 0. The highest BCUT2D eigenvalue weighted by Gasteiger charge is 2.21. The third-order valence-electron chi connectivity index (χ3n) is 2.30. The summed E-state index contributed by atoms with van der Waals surface area (Å²) in [7, 11) is 1.68. The molecule has 11 heavy (non-hydrogen) atoms. The van der Waals surface area contributed by atoms with Gasteiger partial charge in [0.05, 0.1) is 12.6 Å². The molecular weight excluding hydrogens is 138 g/mol. The average Bonchev–Trinajstić information content (AvgIpc) is 1.84. The number of hydrogen-bond donors (Lipinski definition) is 1. The predicted molar refractivity (Wildman–Crippen MR) is 48.4 cm³/mol. The van der Waals surface area contributed by atoms with E-state index in [1.54, 1.807) is 7.05 Å². The maximum Gasteiger partial charge on any atom is 0.0915 e. The van der Waals surface area contributed by atoms with Gasteiger partial charge in [-0.2, -0.15) is 0 Å². The lowest BCUT2D eigenvalue weighted by Gasteiger charge is -2.35. The van der Waals surface area contributed by atoms with Gasteiger partial charge in [-0.05, 0) is 26.2 Å². The number of nitrogens with one attached hydrogen (secondary N) is 1. The molecule has 0 bridgehead atoms. The van der Waals surface area contributed by atoms with E-state index in [1.807, 2.05) is 13.8 Å². The minimum atomic E-state index is -0.107. The number of hydroxylamine groups is 2. The second-order valence-corrected chi connectivity index (χ2v) is 4.37. The molecule has 1 unspecified atom stereocenters. The van der Waals surface area contributed by atoms with Crippen molar-refractivity contribution in [3.8, 4) is 0 Å². The van der Waals surface area contributed by atoms with Gasteiger partial charge in [0.1, 0.15) is 0 Å². The van der Waals surface area contributed by atoms with Gasteiger partial charge in [0, 0.05) is 6.42 Å². The Balaban J connectivity index is 3.73. The smallest absolute Gasteiger partial charge is 0.0915 e. The van der Waals surface area contributed by atoms with Crippen LogP contribution >= 0.6 is 0 Å². The van der Waals surface area contributed by atoms with Crippen molar-refractivity contribution in [3.63, 3.8) is 0 Å². The average molecular weight is 159 g/mol. The van der Waals surface area contributed by atoms with Crippen LogP contribution in [0.15, 0.2) is 0 Å². The molecule has 0 saturated carbocycles. The highest BCUT2D eigenvalue weighted by atomic mass is 16.5. The molecule has 0 rings (SSSR count). The Bertz CT molecular complexity index is 108. The summed E-state index contributed by atoms with van der Waals surface area (Å²) in [6.45, 7) is 8.43. The van der Waals surface area contributed by atoms with Crippen molar-refractivity contribution in [1.29, 1.82) is 0 Å². The molecule has 0 aromatic carbocycles. The van der Waals surface area contributed by atoms with Crippen LogP contribution in [0.5, 0.6) is 0 Å². The predicted octanol–water partition coefficient (Wildman–Crippen LogP) is 1.21. The number of rotatable bonds is 4. The topological polar surface area (TPSA) is 27.5 Å². The van der Waals surface area contributed by atoms with Crippen LogP contribution in [0.25, 0.3) is 0 Å². The Labute approximate surface area is 70.2 Å². The first-order valence-electron chi connectivity index (χ1n) is 4.37. The monoisotopic (exact) mass is 159 g/mol. The molecule has 2 heteroatoms. The van der Waals surface area contributed by atoms with Crippen molar-refractivity contribution in [2.45, 2.75) is 46.1 Å². The maximum absolute atomic E-state index is 11.1. The molecule has 0 heterocycles. The number of quaternary nitrogens is 1. The van der Waals surface area contributed by atoms with Crippen molar-refractivity contribution >= 4 is 0 Å². The Kier molecular flexibility index (Phi) is 4.04. The van der Waals surface area contributed by atoms with E-state index in [9.17, 15) is 5.21 Å². The highest BCUT2D eigenvalue weighted by molar-refractivity contribution is 4.66. The molecule has 0 spiro atoms. The third-order valence-corrected chi connectivity index (χ3v) is 2.30. The van der Waals surface area contributed by atoms with Crippen LogP contribution in [0.1, 0.15) is 40.5 Å². The summed E-state index contributed by atoms with van der Waals surface area (Å²) in [5.41, 5.74) is -0.107. The van der Waals surface area contributed by atoms with Crippen LogP contribution in [-0.2, 0) is 0 Å². The zero-order chi connectivity index (χ0) is 9.07. The second kappa shape index (κ2) is 4.07. The molecule has 1 atom stereocenters. The van der Waals surface area contributed by atoms with E-state index < -0.39 is 0 Å². The molecule has 1 N–H and O–H groups in total. The Morgan fingerprint density at radius 1 is 1.36 bits per heavy atom. The third kappa shape index (κ3) is 4.38. The SMILES string of the molecule is CC(C)CCC(C)(C)[NH+](C)[O-]. The second-order valence-electron chi connectivity index (χ2n) is 4.37. The Morgan fingerprint density at radius 3 is 2.09 bits per heavy atom. The minimum Gasteiger partial charge on any atom is -0.634 e. The molecule has 2 nitrogen and oxygen atoms in total. The summed E-state index contributed by atoms with van der Waals surface area (Å²) in [5.74, 6) is 0.702. The molecule has 0 aliphatic rings. The molecule has 0 aromatic rings. The standard InChI is InChI=1S/C9H21NO/c1-8(2)6-7-9(3,4)10(5)11/h8,10H,6-7H2,1-5H3. The molecule has 0 radical (unpaired) electrons. The van der Waals surface area contributed by atoms with Crippen molar-refractivity contribution in [2.75, 3.05) is 7.05 Å². The summed E-state index contributed by atoms with van der Waals surface area (Å²) in [4.78, 5) is 0. The van der Waals surface area contributed by atoms with Gasteiger partial charge in [-0.1, -0.05) is 13.8 Å². The van der Waals surface area contributed by atoms with Crippen molar-refractivity contribution in [1.82, 2.24) is 0 Å². The first kappa shape index (κ1) is 10.9. The van der Waals surface area contributed by atoms with Gasteiger partial charge in [-0.25, -0.2) is 0 Å². The normalized spacial score (nSPS) is 15.5. The van der Waals surface area contributed by atoms with Gasteiger partial charge in [-0.15, -0.1) is 0 Å². The fourth-order valence-corrected chi connectivity index (χ4v) is 0.826. The van der Waals surface area contributed by atoms with Crippen molar-refractivity contribution < 1.29 is 5.06 Å². The van der Waals surface area contributed by atoms with Crippen LogP contribution in [0.4, 0.5) is 0 Å². The van der Waals surface area contributed by atoms with Crippen LogP contribution in [-0.4, -0.2) is 12.6 Å². The molecule has 68 valence electrons. The van der Waals surface area contributed by atoms with Crippen LogP contribution < -0.4 is 5.06 Å². The van der Waals surface area contributed by atoms with Crippen LogP contribution in [0, 0.1) is 11.1 Å². The Morgan fingerprint density at radius 2 is 1.82 bits per heavy atom. The van der Waals surface area contributed by atoms with Gasteiger partial charge in [0.25, 0.3) is 0 Å². The summed E-state index contributed by atoms with van der Waals surface area (Å²) < 4.78 is 0. The van der Waals surface area contributed by atoms with E-state index in [0.717, 1.165) is 12.8 Å². The van der Waals surface area contributed by atoms with Gasteiger partial charge < -0.3 is 10.3 Å². The molecule has 0 saturated heterocycles. The van der Waals surface area contributed by atoms with Gasteiger partial charge in [-0.3, -0.25) is 0 Å².